The van der Waals surface area contributed by atoms with Crippen LogP contribution in [0.15, 0.2) is 47.4 Å². The maximum atomic E-state index is 14.2. The van der Waals surface area contributed by atoms with E-state index in [0.717, 1.165) is 0 Å². The van der Waals surface area contributed by atoms with Gasteiger partial charge in [-0.2, -0.15) is 0 Å². The molecule has 2 heterocycles. The number of anilines is 1. The molecule has 0 aliphatic heterocycles. The van der Waals surface area contributed by atoms with Crippen molar-refractivity contribution in [3.05, 3.63) is 64.5 Å². The minimum Gasteiger partial charge on any atom is -0.492 e. The molecule has 0 spiro atoms. The second-order valence-electron chi connectivity index (χ2n) is 6.01. The Hall–Kier alpha value is -3.13. The zero-order chi connectivity index (χ0) is 18.7. The number of imidazole rings is 1. The van der Waals surface area contributed by atoms with Gasteiger partial charge in [0, 0.05) is 24.9 Å². The zero-order valence-corrected chi connectivity index (χ0v) is 14.5. The van der Waals surface area contributed by atoms with Crippen molar-refractivity contribution in [2.75, 3.05) is 32.6 Å². The van der Waals surface area contributed by atoms with Crippen molar-refractivity contribution in [1.29, 1.82) is 0 Å². The third-order valence-corrected chi connectivity index (χ3v) is 3.78. The standard InChI is InChI=1S/C18H19FN4O3/c1-22(2)8-9-26-12-6-7-14(13(19)10-12)21-18(25)15-11-20-16-4-3-5-17(24)23(15)16/h3-7,10-11,20H,8-9H2,1-2H3,(H,21,25). The quantitative estimate of drug-likeness (QED) is 0.706. The van der Waals surface area contributed by atoms with Gasteiger partial charge in [0.2, 0.25) is 0 Å². The van der Waals surface area contributed by atoms with Gasteiger partial charge in [0.25, 0.3) is 11.5 Å². The Balaban J connectivity index is 1.76. The van der Waals surface area contributed by atoms with E-state index in [1.165, 1.54) is 28.8 Å². The van der Waals surface area contributed by atoms with E-state index in [4.69, 9.17) is 4.74 Å². The summed E-state index contributed by atoms with van der Waals surface area (Å²) in [5, 5.41) is 2.48. The number of ether oxygens (including phenoxy) is 1. The fraction of sp³-hybridized carbons (Fsp3) is 0.222. The van der Waals surface area contributed by atoms with Crippen LogP contribution in [-0.2, 0) is 0 Å². The van der Waals surface area contributed by atoms with Crippen LogP contribution in [0.4, 0.5) is 10.1 Å². The molecule has 8 heteroatoms. The molecule has 2 aromatic heterocycles. The second kappa shape index (κ2) is 7.40. The third-order valence-electron chi connectivity index (χ3n) is 3.78. The Morgan fingerprint density at radius 1 is 1.31 bits per heavy atom. The van der Waals surface area contributed by atoms with Crippen LogP contribution in [0.1, 0.15) is 10.5 Å². The van der Waals surface area contributed by atoms with Gasteiger partial charge in [-0.25, -0.2) is 4.39 Å². The van der Waals surface area contributed by atoms with Gasteiger partial charge in [0.15, 0.2) is 0 Å². The summed E-state index contributed by atoms with van der Waals surface area (Å²) in [5.41, 5.74) is 0.233. The number of fused-ring (bicyclic) bond motifs is 1. The molecule has 7 nitrogen and oxygen atoms in total. The van der Waals surface area contributed by atoms with Gasteiger partial charge in [-0.05, 0) is 32.3 Å². The van der Waals surface area contributed by atoms with Crippen molar-refractivity contribution >= 4 is 17.2 Å². The zero-order valence-electron chi connectivity index (χ0n) is 14.5. The number of carbonyl (C=O) groups is 1. The molecule has 0 saturated carbocycles. The highest BCUT2D eigenvalue weighted by Crippen LogP contribution is 2.21. The lowest BCUT2D eigenvalue weighted by molar-refractivity contribution is 0.102. The molecule has 3 rings (SSSR count). The fourth-order valence-corrected chi connectivity index (χ4v) is 2.44. The molecule has 0 aliphatic rings. The minimum atomic E-state index is -0.618. The van der Waals surface area contributed by atoms with Crippen molar-refractivity contribution in [2.45, 2.75) is 0 Å². The summed E-state index contributed by atoms with van der Waals surface area (Å²) in [6, 6.07) is 8.82. The Labute approximate surface area is 149 Å². The first kappa shape index (κ1) is 17.7. The lowest BCUT2D eigenvalue weighted by Gasteiger charge is -2.12. The summed E-state index contributed by atoms with van der Waals surface area (Å²) < 4.78 is 20.9. The number of nitrogens with zero attached hydrogens (tertiary/aromatic N) is 2. The molecule has 0 bridgehead atoms. The molecule has 0 atom stereocenters. The van der Waals surface area contributed by atoms with E-state index in [1.54, 1.807) is 18.2 Å². The molecule has 0 saturated heterocycles. The summed E-state index contributed by atoms with van der Waals surface area (Å²) in [6.45, 7) is 1.13. The van der Waals surface area contributed by atoms with Gasteiger partial charge in [0.1, 0.15) is 29.5 Å². The smallest absolute Gasteiger partial charge is 0.274 e. The number of halogens is 1. The van der Waals surface area contributed by atoms with Gasteiger partial charge in [-0.3, -0.25) is 14.0 Å². The molecule has 0 fully saturated rings. The average Bonchev–Trinajstić information content (AvgIpc) is 3.02. The molecule has 3 aromatic rings. The molecule has 0 unspecified atom stereocenters. The maximum Gasteiger partial charge on any atom is 0.274 e. The van der Waals surface area contributed by atoms with Crippen LogP contribution in [0.3, 0.4) is 0 Å². The van der Waals surface area contributed by atoms with Gasteiger partial charge in [-0.15, -0.1) is 0 Å². The molecule has 136 valence electrons. The molecular formula is C18H19FN4O3. The predicted molar refractivity (Wildman–Crippen MR) is 96.4 cm³/mol. The van der Waals surface area contributed by atoms with Crippen molar-refractivity contribution < 1.29 is 13.9 Å². The summed E-state index contributed by atoms with van der Waals surface area (Å²) >= 11 is 0. The first-order valence-corrected chi connectivity index (χ1v) is 8.03. The number of aromatic nitrogens is 2. The van der Waals surface area contributed by atoms with E-state index in [9.17, 15) is 14.0 Å². The first-order valence-electron chi connectivity index (χ1n) is 8.03. The molecule has 0 radical (unpaired) electrons. The number of amides is 1. The highest BCUT2D eigenvalue weighted by Gasteiger charge is 2.15. The van der Waals surface area contributed by atoms with Crippen LogP contribution in [0, 0.1) is 5.82 Å². The van der Waals surface area contributed by atoms with Crippen molar-refractivity contribution in [3.8, 4) is 5.75 Å². The second-order valence-corrected chi connectivity index (χ2v) is 6.01. The van der Waals surface area contributed by atoms with E-state index in [2.05, 4.69) is 10.3 Å². The van der Waals surface area contributed by atoms with Crippen LogP contribution < -0.4 is 15.6 Å². The number of benzene rings is 1. The van der Waals surface area contributed by atoms with Gasteiger partial charge >= 0.3 is 0 Å². The molecule has 1 aromatic carbocycles. The number of aromatic amines is 1. The van der Waals surface area contributed by atoms with Crippen LogP contribution in [-0.4, -0.2) is 47.4 Å². The first-order chi connectivity index (χ1) is 12.5. The minimum absolute atomic E-state index is 0.00768. The van der Waals surface area contributed by atoms with Crippen LogP contribution >= 0.6 is 0 Å². The van der Waals surface area contributed by atoms with Crippen LogP contribution in [0.5, 0.6) is 5.75 Å². The SMILES string of the molecule is CN(C)CCOc1ccc(NC(=O)c2c[nH]c3cccc(=O)n23)c(F)c1. The Morgan fingerprint density at radius 2 is 2.12 bits per heavy atom. The summed E-state index contributed by atoms with van der Waals surface area (Å²) in [5.74, 6) is -0.830. The predicted octanol–water partition coefficient (Wildman–Crippen LogP) is 1.96. The Bertz CT molecular complexity index is 994. The summed E-state index contributed by atoms with van der Waals surface area (Å²) in [4.78, 5) is 29.2. The number of H-pyrrole nitrogens is 1. The number of carbonyl (C=O) groups excluding carboxylic acids is 1. The van der Waals surface area contributed by atoms with Crippen LogP contribution in [0.2, 0.25) is 0 Å². The monoisotopic (exact) mass is 358 g/mol. The fourth-order valence-electron chi connectivity index (χ4n) is 2.44. The van der Waals surface area contributed by atoms with Crippen LogP contribution in [0.25, 0.3) is 5.65 Å². The summed E-state index contributed by atoms with van der Waals surface area (Å²) in [7, 11) is 3.83. The number of hydrogen-bond acceptors (Lipinski definition) is 4. The average molecular weight is 358 g/mol. The lowest BCUT2D eigenvalue weighted by atomic mass is 10.2. The van der Waals surface area contributed by atoms with Gasteiger partial charge < -0.3 is 19.9 Å². The van der Waals surface area contributed by atoms with E-state index in [1.807, 2.05) is 19.0 Å². The number of rotatable bonds is 6. The Morgan fingerprint density at radius 3 is 2.85 bits per heavy atom. The highest BCUT2D eigenvalue weighted by molar-refractivity contribution is 6.03. The third kappa shape index (κ3) is 3.75. The largest absolute Gasteiger partial charge is 0.492 e. The van der Waals surface area contributed by atoms with E-state index in [0.29, 0.717) is 24.5 Å². The number of nitrogens with one attached hydrogen (secondary N) is 2. The number of hydrogen-bond donors (Lipinski definition) is 2. The normalized spacial score (nSPS) is 11.1. The Kier molecular flexibility index (Phi) is 5.04. The molecule has 2 N–H and O–H groups in total. The number of pyridine rings is 1. The summed E-state index contributed by atoms with van der Waals surface area (Å²) in [6.07, 6.45) is 1.41. The topological polar surface area (TPSA) is 78.8 Å². The van der Waals surface area contributed by atoms with Gasteiger partial charge in [0.05, 0.1) is 5.69 Å². The van der Waals surface area contributed by atoms with E-state index in [-0.39, 0.29) is 16.9 Å². The van der Waals surface area contributed by atoms with Crippen molar-refractivity contribution in [3.63, 3.8) is 0 Å². The maximum absolute atomic E-state index is 14.2. The highest BCUT2D eigenvalue weighted by atomic mass is 19.1. The van der Waals surface area contributed by atoms with E-state index >= 15 is 0 Å². The lowest BCUT2D eigenvalue weighted by Crippen LogP contribution is -2.21. The molecule has 0 aliphatic carbocycles. The van der Waals surface area contributed by atoms with E-state index < -0.39 is 11.7 Å². The van der Waals surface area contributed by atoms with Gasteiger partial charge in [-0.1, -0.05) is 6.07 Å². The van der Waals surface area contributed by atoms with Crippen molar-refractivity contribution in [2.24, 2.45) is 0 Å². The number of likely N-dealkylation sites (N-methyl/N-ethyl adjacent to an activating group) is 1. The molecule has 26 heavy (non-hydrogen) atoms. The molecule has 1 amide bonds. The van der Waals surface area contributed by atoms with Crippen molar-refractivity contribution in [1.82, 2.24) is 14.3 Å². The molecular weight excluding hydrogens is 339 g/mol.